The summed E-state index contributed by atoms with van der Waals surface area (Å²) in [5.74, 6) is -0.403. The van der Waals surface area contributed by atoms with Crippen molar-refractivity contribution in [3.05, 3.63) is 65.5 Å². The number of aliphatic hydroxyl groups is 1. The number of hydrogen-bond donors (Lipinski definition) is 2. The molecule has 1 fully saturated rings. The van der Waals surface area contributed by atoms with Gasteiger partial charge in [-0.15, -0.1) is 0 Å². The monoisotopic (exact) mass is 382 g/mol. The van der Waals surface area contributed by atoms with Gasteiger partial charge in [-0.05, 0) is 48.7 Å². The Kier molecular flexibility index (Phi) is 5.10. The molecule has 4 nitrogen and oxygen atoms in total. The maximum absolute atomic E-state index is 13.0. The van der Waals surface area contributed by atoms with Gasteiger partial charge in [-0.1, -0.05) is 18.2 Å². The van der Waals surface area contributed by atoms with E-state index in [2.05, 4.69) is 5.32 Å². The number of halogens is 4. The van der Waals surface area contributed by atoms with Crippen molar-refractivity contribution >= 4 is 11.7 Å². The third-order valence-electron chi connectivity index (χ3n) is 4.70. The molecule has 27 heavy (non-hydrogen) atoms. The standard InChI is InChI=1S/C19H18F4N2O2/c20-15-6-4-13(5-7-15)18(27)8-10-25(11-9-18)17(26)24-16-3-1-2-14(12-16)19(21,22)23/h1-7,12,27H,8-11H2,(H,24,26). The minimum atomic E-state index is -4.49. The second kappa shape index (κ2) is 7.19. The minimum absolute atomic E-state index is 0.0502. The number of hydrogen-bond acceptors (Lipinski definition) is 2. The van der Waals surface area contributed by atoms with E-state index in [4.69, 9.17) is 0 Å². The van der Waals surface area contributed by atoms with Crippen molar-refractivity contribution in [1.82, 2.24) is 4.90 Å². The molecule has 0 aliphatic carbocycles. The van der Waals surface area contributed by atoms with Crippen LogP contribution in [0.4, 0.5) is 28.0 Å². The van der Waals surface area contributed by atoms with Gasteiger partial charge in [0.05, 0.1) is 11.2 Å². The zero-order valence-corrected chi connectivity index (χ0v) is 14.3. The third kappa shape index (κ3) is 4.39. The summed E-state index contributed by atoms with van der Waals surface area (Å²) in [6.07, 6.45) is -4.00. The van der Waals surface area contributed by atoms with Gasteiger partial charge >= 0.3 is 12.2 Å². The quantitative estimate of drug-likeness (QED) is 0.759. The highest BCUT2D eigenvalue weighted by Gasteiger charge is 2.35. The molecule has 1 aliphatic rings. The van der Waals surface area contributed by atoms with Gasteiger partial charge in [0.25, 0.3) is 0 Å². The molecule has 144 valence electrons. The number of amides is 2. The van der Waals surface area contributed by atoms with Crippen molar-refractivity contribution in [2.45, 2.75) is 24.6 Å². The molecule has 0 aromatic heterocycles. The van der Waals surface area contributed by atoms with Gasteiger partial charge in [-0.3, -0.25) is 0 Å². The van der Waals surface area contributed by atoms with Gasteiger partial charge in [0.2, 0.25) is 0 Å². The Morgan fingerprint density at radius 3 is 2.30 bits per heavy atom. The first kappa shape index (κ1) is 19.2. The number of alkyl halides is 3. The number of nitrogens with zero attached hydrogens (tertiary/aromatic N) is 1. The van der Waals surface area contributed by atoms with E-state index in [0.29, 0.717) is 5.56 Å². The second-order valence-corrected chi connectivity index (χ2v) is 6.53. The predicted octanol–water partition coefficient (Wildman–Crippen LogP) is 4.36. The number of benzene rings is 2. The molecule has 1 aliphatic heterocycles. The van der Waals surface area contributed by atoms with E-state index in [-0.39, 0.29) is 31.6 Å². The van der Waals surface area contributed by atoms with E-state index in [1.807, 2.05) is 0 Å². The Morgan fingerprint density at radius 2 is 1.70 bits per heavy atom. The van der Waals surface area contributed by atoms with Crippen LogP contribution in [0, 0.1) is 5.82 Å². The topological polar surface area (TPSA) is 52.6 Å². The van der Waals surface area contributed by atoms with Crippen LogP contribution in [0.1, 0.15) is 24.0 Å². The molecule has 0 bridgehead atoms. The van der Waals surface area contributed by atoms with Crippen molar-refractivity contribution in [2.24, 2.45) is 0 Å². The molecule has 0 unspecified atom stereocenters. The van der Waals surface area contributed by atoms with Crippen LogP contribution in [0.15, 0.2) is 48.5 Å². The molecule has 2 amide bonds. The van der Waals surface area contributed by atoms with E-state index in [0.717, 1.165) is 12.1 Å². The zero-order chi connectivity index (χ0) is 19.7. The van der Waals surface area contributed by atoms with Gasteiger partial charge in [-0.25, -0.2) is 9.18 Å². The molecule has 2 aromatic carbocycles. The number of nitrogens with one attached hydrogen (secondary N) is 1. The van der Waals surface area contributed by atoms with Crippen LogP contribution in [0.2, 0.25) is 0 Å². The largest absolute Gasteiger partial charge is 0.416 e. The SMILES string of the molecule is O=C(Nc1cccc(C(F)(F)F)c1)N1CCC(O)(c2ccc(F)cc2)CC1. The number of urea groups is 1. The van der Waals surface area contributed by atoms with Gasteiger partial charge < -0.3 is 15.3 Å². The fourth-order valence-electron chi connectivity index (χ4n) is 3.10. The first-order valence-corrected chi connectivity index (χ1v) is 8.39. The van der Waals surface area contributed by atoms with E-state index in [1.54, 1.807) is 0 Å². The molecule has 8 heteroatoms. The van der Waals surface area contributed by atoms with E-state index in [9.17, 15) is 27.5 Å². The van der Waals surface area contributed by atoms with Crippen molar-refractivity contribution in [2.75, 3.05) is 18.4 Å². The Hall–Kier alpha value is -2.61. The maximum Gasteiger partial charge on any atom is 0.416 e. The zero-order valence-electron chi connectivity index (χ0n) is 14.3. The molecule has 0 saturated carbocycles. The number of rotatable bonds is 2. The van der Waals surface area contributed by atoms with E-state index >= 15 is 0 Å². The van der Waals surface area contributed by atoms with Crippen molar-refractivity contribution in [3.8, 4) is 0 Å². The summed E-state index contributed by atoms with van der Waals surface area (Å²) in [6.45, 7) is 0.442. The lowest BCUT2D eigenvalue weighted by atomic mass is 9.84. The highest BCUT2D eigenvalue weighted by Crippen LogP contribution is 2.33. The number of carbonyl (C=O) groups excluding carboxylic acids is 1. The molecule has 1 heterocycles. The van der Waals surface area contributed by atoms with Crippen LogP contribution >= 0.6 is 0 Å². The van der Waals surface area contributed by atoms with E-state index < -0.39 is 29.2 Å². The lowest BCUT2D eigenvalue weighted by molar-refractivity contribution is -0.137. The molecular formula is C19H18F4N2O2. The van der Waals surface area contributed by atoms with Crippen molar-refractivity contribution < 1.29 is 27.5 Å². The number of anilines is 1. The smallest absolute Gasteiger partial charge is 0.385 e. The van der Waals surface area contributed by atoms with Crippen LogP contribution in [0.3, 0.4) is 0 Å². The summed E-state index contributed by atoms with van der Waals surface area (Å²) in [6, 6.07) is 9.42. The summed E-state index contributed by atoms with van der Waals surface area (Å²) in [5, 5.41) is 13.2. The van der Waals surface area contributed by atoms with Crippen LogP contribution in [-0.4, -0.2) is 29.1 Å². The van der Waals surface area contributed by atoms with Crippen molar-refractivity contribution in [1.29, 1.82) is 0 Å². The maximum atomic E-state index is 13.0. The van der Waals surface area contributed by atoms with Gasteiger partial charge in [0, 0.05) is 18.8 Å². The number of carbonyl (C=O) groups is 1. The number of likely N-dealkylation sites (tertiary alicyclic amines) is 1. The molecule has 2 N–H and O–H groups in total. The molecule has 0 radical (unpaired) electrons. The highest BCUT2D eigenvalue weighted by atomic mass is 19.4. The Balaban J connectivity index is 1.63. The summed E-state index contributed by atoms with van der Waals surface area (Å²) in [4.78, 5) is 13.8. The van der Waals surface area contributed by atoms with Gasteiger partial charge in [0.1, 0.15) is 5.82 Å². The average Bonchev–Trinajstić information content (AvgIpc) is 2.62. The molecule has 0 atom stereocenters. The van der Waals surface area contributed by atoms with Crippen LogP contribution in [-0.2, 0) is 11.8 Å². The van der Waals surface area contributed by atoms with Crippen LogP contribution < -0.4 is 5.32 Å². The predicted molar refractivity (Wildman–Crippen MR) is 91.6 cm³/mol. The lowest BCUT2D eigenvalue weighted by Gasteiger charge is -2.38. The fourth-order valence-corrected chi connectivity index (χ4v) is 3.10. The molecule has 1 saturated heterocycles. The molecule has 0 spiro atoms. The summed E-state index contributed by atoms with van der Waals surface area (Å²) < 4.78 is 51.3. The van der Waals surface area contributed by atoms with Gasteiger partial charge in [-0.2, -0.15) is 13.2 Å². The van der Waals surface area contributed by atoms with Crippen LogP contribution in [0.5, 0.6) is 0 Å². The first-order chi connectivity index (χ1) is 12.7. The molecular weight excluding hydrogens is 364 g/mol. The highest BCUT2D eigenvalue weighted by molar-refractivity contribution is 5.89. The fraction of sp³-hybridized carbons (Fsp3) is 0.316. The first-order valence-electron chi connectivity index (χ1n) is 8.39. The summed E-state index contributed by atoms with van der Waals surface area (Å²) in [7, 11) is 0. The Morgan fingerprint density at radius 1 is 1.07 bits per heavy atom. The second-order valence-electron chi connectivity index (χ2n) is 6.53. The molecule has 2 aromatic rings. The minimum Gasteiger partial charge on any atom is -0.385 e. The van der Waals surface area contributed by atoms with Gasteiger partial charge in [0.15, 0.2) is 0 Å². The summed E-state index contributed by atoms with van der Waals surface area (Å²) >= 11 is 0. The summed E-state index contributed by atoms with van der Waals surface area (Å²) in [5.41, 5.74) is -1.39. The average molecular weight is 382 g/mol. The van der Waals surface area contributed by atoms with E-state index in [1.165, 1.54) is 41.3 Å². The Bertz CT molecular complexity index is 813. The normalized spacial score (nSPS) is 16.9. The third-order valence-corrected chi connectivity index (χ3v) is 4.70. The molecule has 3 rings (SSSR count). The Labute approximate surface area is 153 Å². The lowest BCUT2D eigenvalue weighted by Crippen LogP contribution is -2.46. The number of piperidine rings is 1. The van der Waals surface area contributed by atoms with Crippen molar-refractivity contribution in [3.63, 3.8) is 0 Å². The van der Waals surface area contributed by atoms with Crippen LogP contribution in [0.25, 0.3) is 0 Å².